The molecule has 0 spiro atoms. The van der Waals surface area contributed by atoms with E-state index in [2.05, 4.69) is 17.4 Å². The molecular formula is C16H17N3O. The maximum atomic E-state index is 11.5. The molecule has 1 amide bonds. The summed E-state index contributed by atoms with van der Waals surface area (Å²) in [6.07, 6.45) is 1.87. The van der Waals surface area contributed by atoms with Gasteiger partial charge in [0.1, 0.15) is 0 Å². The van der Waals surface area contributed by atoms with Gasteiger partial charge in [-0.05, 0) is 36.1 Å². The van der Waals surface area contributed by atoms with E-state index in [9.17, 15) is 4.79 Å². The fraction of sp³-hybridized carbons (Fsp3) is 0.188. The first kappa shape index (κ1) is 12.5. The van der Waals surface area contributed by atoms with E-state index in [4.69, 9.17) is 11.5 Å². The molecule has 0 aromatic heterocycles. The van der Waals surface area contributed by atoms with Crippen molar-refractivity contribution in [1.82, 2.24) is 0 Å². The monoisotopic (exact) mass is 267 g/mol. The standard InChI is InChI=1S/C16H17N3O/c17-14-7-3-6-13(16(18)20)15(14)19-12-8-10-4-1-2-5-11(10)9-12/h1-7,12,19H,8-9,17H2,(H2,18,20). The average molecular weight is 267 g/mol. The number of nitrogen functional groups attached to an aromatic ring is 1. The van der Waals surface area contributed by atoms with Crippen molar-refractivity contribution < 1.29 is 4.79 Å². The molecule has 0 aliphatic heterocycles. The van der Waals surface area contributed by atoms with Crippen molar-refractivity contribution in [3.05, 3.63) is 59.2 Å². The number of hydrogen-bond acceptors (Lipinski definition) is 3. The SMILES string of the molecule is NC(=O)c1cccc(N)c1NC1Cc2ccccc2C1. The van der Waals surface area contributed by atoms with Crippen LogP contribution in [0.2, 0.25) is 0 Å². The third kappa shape index (κ3) is 2.20. The normalized spacial score (nSPS) is 14.0. The molecule has 1 aliphatic carbocycles. The highest BCUT2D eigenvalue weighted by molar-refractivity contribution is 6.01. The minimum absolute atomic E-state index is 0.246. The number of nitrogens with one attached hydrogen (secondary N) is 1. The third-order valence-electron chi connectivity index (χ3n) is 3.76. The van der Waals surface area contributed by atoms with Crippen molar-refractivity contribution in [3.8, 4) is 0 Å². The van der Waals surface area contributed by atoms with E-state index in [1.54, 1.807) is 18.2 Å². The van der Waals surface area contributed by atoms with Crippen LogP contribution in [0.5, 0.6) is 0 Å². The smallest absolute Gasteiger partial charge is 0.250 e. The lowest BCUT2D eigenvalue weighted by Gasteiger charge is -2.18. The van der Waals surface area contributed by atoms with Gasteiger partial charge in [-0.3, -0.25) is 4.79 Å². The largest absolute Gasteiger partial charge is 0.397 e. The number of fused-ring (bicyclic) bond motifs is 1. The molecule has 2 aromatic rings. The van der Waals surface area contributed by atoms with Crippen LogP contribution in [0.3, 0.4) is 0 Å². The summed E-state index contributed by atoms with van der Waals surface area (Å²) in [5.41, 5.74) is 15.7. The number of carbonyl (C=O) groups excluding carboxylic acids is 1. The van der Waals surface area contributed by atoms with E-state index in [0.717, 1.165) is 12.8 Å². The summed E-state index contributed by atoms with van der Waals surface area (Å²) < 4.78 is 0. The molecule has 0 atom stereocenters. The molecule has 1 aliphatic rings. The molecular weight excluding hydrogens is 250 g/mol. The molecule has 0 radical (unpaired) electrons. The van der Waals surface area contributed by atoms with Crippen LogP contribution < -0.4 is 16.8 Å². The average Bonchev–Trinajstić information content (AvgIpc) is 2.83. The van der Waals surface area contributed by atoms with Crippen LogP contribution in [0.4, 0.5) is 11.4 Å². The van der Waals surface area contributed by atoms with E-state index in [-0.39, 0.29) is 6.04 Å². The second-order valence-corrected chi connectivity index (χ2v) is 5.15. The number of para-hydroxylation sites is 1. The molecule has 0 bridgehead atoms. The Labute approximate surface area is 117 Å². The van der Waals surface area contributed by atoms with E-state index in [0.29, 0.717) is 16.9 Å². The van der Waals surface area contributed by atoms with Gasteiger partial charge in [-0.2, -0.15) is 0 Å². The van der Waals surface area contributed by atoms with Gasteiger partial charge in [0.25, 0.3) is 5.91 Å². The zero-order valence-corrected chi connectivity index (χ0v) is 11.1. The highest BCUT2D eigenvalue weighted by Gasteiger charge is 2.22. The van der Waals surface area contributed by atoms with Crippen LogP contribution in [-0.2, 0) is 12.8 Å². The number of nitrogens with two attached hydrogens (primary N) is 2. The molecule has 0 saturated carbocycles. The van der Waals surface area contributed by atoms with Gasteiger partial charge in [-0.1, -0.05) is 30.3 Å². The second-order valence-electron chi connectivity index (χ2n) is 5.15. The predicted octanol–water partition coefficient (Wildman–Crippen LogP) is 1.95. The molecule has 20 heavy (non-hydrogen) atoms. The molecule has 3 rings (SSSR count). The quantitative estimate of drug-likeness (QED) is 0.743. The summed E-state index contributed by atoms with van der Waals surface area (Å²) in [4.78, 5) is 11.5. The van der Waals surface area contributed by atoms with Crippen LogP contribution in [-0.4, -0.2) is 11.9 Å². The summed E-state index contributed by atoms with van der Waals surface area (Å²) in [7, 11) is 0. The Balaban J connectivity index is 1.85. The van der Waals surface area contributed by atoms with Gasteiger partial charge < -0.3 is 16.8 Å². The number of carbonyl (C=O) groups is 1. The number of primary amides is 1. The Morgan fingerprint density at radius 3 is 2.30 bits per heavy atom. The summed E-state index contributed by atoms with van der Waals surface area (Å²) in [5.74, 6) is -0.463. The van der Waals surface area contributed by atoms with Crippen LogP contribution in [0.25, 0.3) is 0 Å². The zero-order chi connectivity index (χ0) is 14.1. The van der Waals surface area contributed by atoms with Gasteiger partial charge >= 0.3 is 0 Å². The van der Waals surface area contributed by atoms with Gasteiger partial charge in [0.2, 0.25) is 0 Å². The lowest BCUT2D eigenvalue weighted by atomic mass is 10.1. The second kappa shape index (κ2) is 4.89. The maximum Gasteiger partial charge on any atom is 0.250 e. The first-order valence-corrected chi connectivity index (χ1v) is 6.67. The van der Waals surface area contributed by atoms with Crippen LogP contribution >= 0.6 is 0 Å². The van der Waals surface area contributed by atoms with Gasteiger partial charge in [0.05, 0.1) is 16.9 Å². The molecule has 0 saturated heterocycles. The summed E-state index contributed by atoms with van der Waals surface area (Å²) >= 11 is 0. The van der Waals surface area contributed by atoms with Crippen molar-refractivity contribution in [2.24, 2.45) is 5.73 Å². The van der Waals surface area contributed by atoms with E-state index < -0.39 is 5.91 Å². The number of hydrogen-bond donors (Lipinski definition) is 3. The lowest BCUT2D eigenvalue weighted by molar-refractivity contribution is 0.100. The Kier molecular flexibility index (Phi) is 3.06. The van der Waals surface area contributed by atoms with Crippen molar-refractivity contribution in [3.63, 3.8) is 0 Å². The Hall–Kier alpha value is -2.49. The van der Waals surface area contributed by atoms with Gasteiger partial charge in [0, 0.05) is 6.04 Å². The third-order valence-corrected chi connectivity index (χ3v) is 3.76. The molecule has 0 heterocycles. The van der Waals surface area contributed by atoms with E-state index >= 15 is 0 Å². The highest BCUT2D eigenvalue weighted by atomic mass is 16.1. The number of benzene rings is 2. The Morgan fingerprint density at radius 2 is 1.70 bits per heavy atom. The number of rotatable bonds is 3. The van der Waals surface area contributed by atoms with Crippen LogP contribution in [0.1, 0.15) is 21.5 Å². The van der Waals surface area contributed by atoms with Crippen molar-refractivity contribution >= 4 is 17.3 Å². The van der Waals surface area contributed by atoms with Crippen molar-refractivity contribution in [2.75, 3.05) is 11.1 Å². The number of amides is 1. The van der Waals surface area contributed by atoms with Gasteiger partial charge in [0.15, 0.2) is 0 Å². The van der Waals surface area contributed by atoms with Crippen molar-refractivity contribution in [1.29, 1.82) is 0 Å². The predicted molar refractivity (Wildman–Crippen MR) is 80.6 cm³/mol. The Bertz CT molecular complexity index is 642. The van der Waals surface area contributed by atoms with Gasteiger partial charge in [-0.25, -0.2) is 0 Å². The topological polar surface area (TPSA) is 81.1 Å². The summed E-state index contributed by atoms with van der Waals surface area (Å²) in [6, 6.07) is 13.8. The highest BCUT2D eigenvalue weighted by Crippen LogP contribution is 2.29. The number of anilines is 2. The fourth-order valence-electron chi connectivity index (χ4n) is 2.80. The Morgan fingerprint density at radius 1 is 1.05 bits per heavy atom. The summed E-state index contributed by atoms with van der Waals surface area (Å²) in [6.45, 7) is 0. The van der Waals surface area contributed by atoms with E-state index in [1.807, 2.05) is 12.1 Å². The summed E-state index contributed by atoms with van der Waals surface area (Å²) in [5, 5.41) is 3.38. The molecule has 0 unspecified atom stereocenters. The molecule has 102 valence electrons. The molecule has 2 aromatic carbocycles. The first-order chi connectivity index (χ1) is 9.65. The lowest BCUT2D eigenvalue weighted by Crippen LogP contribution is -2.23. The van der Waals surface area contributed by atoms with Crippen LogP contribution in [0.15, 0.2) is 42.5 Å². The zero-order valence-electron chi connectivity index (χ0n) is 11.1. The minimum atomic E-state index is -0.463. The van der Waals surface area contributed by atoms with E-state index in [1.165, 1.54) is 11.1 Å². The molecule has 5 N–H and O–H groups in total. The minimum Gasteiger partial charge on any atom is -0.397 e. The first-order valence-electron chi connectivity index (χ1n) is 6.67. The maximum absolute atomic E-state index is 11.5. The van der Waals surface area contributed by atoms with Crippen molar-refractivity contribution in [2.45, 2.75) is 18.9 Å². The van der Waals surface area contributed by atoms with Gasteiger partial charge in [-0.15, -0.1) is 0 Å². The molecule has 4 heteroatoms. The molecule has 4 nitrogen and oxygen atoms in total. The fourth-order valence-corrected chi connectivity index (χ4v) is 2.80. The molecule has 0 fully saturated rings. The van der Waals surface area contributed by atoms with Crippen LogP contribution in [0, 0.1) is 0 Å².